The predicted molar refractivity (Wildman–Crippen MR) is 83.9 cm³/mol. The highest BCUT2D eigenvalue weighted by Gasteiger charge is 2.24. The van der Waals surface area contributed by atoms with Crippen LogP contribution in [-0.4, -0.2) is 30.8 Å². The van der Waals surface area contributed by atoms with Gasteiger partial charge in [-0.25, -0.2) is 0 Å². The number of unbranched alkanes of at least 4 members (excludes halogenated alkanes) is 2. The third kappa shape index (κ3) is 4.45. The lowest BCUT2D eigenvalue weighted by Gasteiger charge is -2.18. The molecule has 1 aromatic rings. The van der Waals surface area contributed by atoms with E-state index in [-0.39, 0.29) is 6.54 Å². The summed E-state index contributed by atoms with van der Waals surface area (Å²) in [6.07, 6.45) is 2.91. The molecule has 1 atom stereocenters. The van der Waals surface area contributed by atoms with Gasteiger partial charge in [-0.1, -0.05) is 38.0 Å². The molecule has 0 saturated heterocycles. The molecule has 1 aliphatic rings. The second kappa shape index (κ2) is 8.17. The number of rotatable bonds is 6. The Morgan fingerprint density at radius 2 is 1.87 bits per heavy atom. The van der Waals surface area contributed by atoms with Gasteiger partial charge >= 0.3 is 11.8 Å². The number of hydrogen-bond donors (Lipinski definition) is 2. The molecule has 7 heteroatoms. The van der Waals surface area contributed by atoms with Gasteiger partial charge in [-0.2, -0.15) is 5.11 Å². The molecule has 1 unspecified atom stereocenters. The molecule has 7 nitrogen and oxygen atoms in total. The first kappa shape index (κ1) is 16.8. The van der Waals surface area contributed by atoms with Crippen LogP contribution in [0.1, 0.15) is 48.1 Å². The van der Waals surface area contributed by atoms with Gasteiger partial charge in [-0.15, -0.1) is 5.11 Å². The van der Waals surface area contributed by atoms with Crippen molar-refractivity contribution in [1.82, 2.24) is 10.6 Å². The molecule has 122 valence electrons. The first-order valence-corrected chi connectivity index (χ1v) is 7.73. The first-order chi connectivity index (χ1) is 11.1. The van der Waals surface area contributed by atoms with E-state index in [9.17, 15) is 14.4 Å². The van der Waals surface area contributed by atoms with Crippen LogP contribution >= 0.6 is 0 Å². The number of nitrogens with one attached hydrogen (secondary N) is 2. The number of fused-ring (bicyclic) bond motifs is 1. The molecule has 1 aliphatic heterocycles. The molecule has 2 N–H and O–H groups in total. The Morgan fingerprint density at radius 3 is 2.65 bits per heavy atom. The quantitative estimate of drug-likeness (QED) is 0.617. The van der Waals surface area contributed by atoms with Crippen LogP contribution in [0.5, 0.6) is 0 Å². The zero-order chi connectivity index (χ0) is 16.7. The summed E-state index contributed by atoms with van der Waals surface area (Å²) in [6, 6.07) is 6.53. The average Bonchev–Trinajstić information content (AvgIpc) is 2.58. The normalized spacial score (nSPS) is 15.9. The van der Waals surface area contributed by atoms with Crippen LogP contribution in [-0.2, 0) is 9.59 Å². The van der Waals surface area contributed by atoms with Crippen molar-refractivity contribution in [2.24, 2.45) is 10.2 Å². The Bertz CT molecular complexity index is 628. The lowest BCUT2D eigenvalue weighted by molar-refractivity contribution is -0.139. The maximum absolute atomic E-state index is 11.8. The highest BCUT2D eigenvalue weighted by molar-refractivity contribution is 6.35. The van der Waals surface area contributed by atoms with E-state index >= 15 is 0 Å². The van der Waals surface area contributed by atoms with Crippen molar-refractivity contribution in [2.45, 2.75) is 32.2 Å². The fourth-order valence-electron chi connectivity index (χ4n) is 2.30. The molecule has 0 fully saturated rings. The van der Waals surface area contributed by atoms with Gasteiger partial charge in [0.05, 0.1) is 0 Å². The number of benzene rings is 1. The van der Waals surface area contributed by atoms with Crippen LogP contribution in [0.25, 0.3) is 0 Å². The monoisotopic (exact) mass is 316 g/mol. The molecular formula is C16H20N4O3. The van der Waals surface area contributed by atoms with Crippen molar-refractivity contribution >= 4 is 17.7 Å². The summed E-state index contributed by atoms with van der Waals surface area (Å²) in [5.74, 6) is -1.75. The molecule has 0 radical (unpaired) electrons. The number of carbonyl (C=O) groups is 3. The predicted octanol–water partition coefficient (Wildman–Crippen LogP) is 1.76. The topological polar surface area (TPSA) is 100.0 Å². The minimum atomic E-state index is -0.703. The molecule has 0 saturated carbocycles. The van der Waals surface area contributed by atoms with Crippen LogP contribution in [0.3, 0.4) is 0 Å². The van der Waals surface area contributed by atoms with Gasteiger partial charge in [0.2, 0.25) is 0 Å². The van der Waals surface area contributed by atoms with Gasteiger partial charge in [-0.05, 0) is 18.1 Å². The second-order valence-corrected chi connectivity index (χ2v) is 5.30. The van der Waals surface area contributed by atoms with E-state index in [0.717, 1.165) is 19.3 Å². The molecule has 0 aromatic heterocycles. The van der Waals surface area contributed by atoms with Gasteiger partial charge in [0.15, 0.2) is 0 Å². The number of hydrogen-bond acceptors (Lipinski definition) is 4. The Morgan fingerprint density at radius 1 is 1.13 bits per heavy atom. The Labute approximate surface area is 134 Å². The lowest BCUT2D eigenvalue weighted by Crippen LogP contribution is -2.41. The minimum Gasteiger partial charge on any atom is -0.348 e. The molecule has 2 rings (SSSR count). The van der Waals surface area contributed by atoms with E-state index in [1.54, 1.807) is 24.3 Å². The average molecular weight is 316 g/mol. The highest BCUT2D eigenvalue weighted by atomic mass is 16.2. The standard InChI is InChI=1S/C16H20N4O3/c1-2-3-6-9-17-15(22)16(23)18-10-13-11-7-4-5-8-12(11)14(21)20-19-13/h4-5,7-8,13H,2-3,6,9-10H2,1H3,(H,17,22)(H,18,23). The van der Waals surface area contributed by atoms with Crippen molar-refractivity contribution in [2.75, 3.05) is 13.1 Å². The van der Waals surface area contributed by atoms with Crippen molar-refractivity contribution in [1.29, 1.82) is 0 Å². The summed E-state index contributed by atoms with van der Waals surface area (Å²) in [6.45, 7) is 2.67. The van der Waals surface area contributed by atoms with Crippen LogP contribution in [0.2, 0.25) is 0 Å². The van der Waals surface area contributed by atoms with Crippen molar-refractivity contribution in [3.63, 3.8) is 0 Å². The van der Waals surface area contributed by atoms with Crippen LogP contribution < -0.4 is 10.6 Å². The van der Waals surface area contributed by atoms with E-state index in [1.165, 1.54) is 0 Å². The first-order valence-electron chi connectivity index (χ1n) is 7.73. The van der Waals surface area contributed by atoms with E-state index in [0.29, 0.717) is 17.7 Å². The number of nitrogens with zero attached hydrogens (tertiary/aromatic N) is 2. The molecule has 1 heterocycles. The molecule has 23 heavy (non-hydrogen) atoms. The van der Waals surface area contributed by atoms with Crippen molar-refractivity contribution in [3.8, 4) is 0 Å². The van der Waals surface area contributed by atoms with E-state index in [2.05, 4.69) is 27.8 Å². The zero-order valence-corrected chi connectivity index (χ0v) is 13.0. The highest BCUT2D eigenvalue weighted by Crippen LogP contribution is 2.26. The second-order valence-electron chi connectivity index (χ2n) is 5.30. The molecule has 0 aliphatic carbocycles. The smallest absolute Gasteiger partial charge is 0.309 e. The van der Waals surface area contributed by atoms with E-state index in [4.69, 9.17) is 0 Å². The van der Waals surface area contributed by atoms with Gasteiger partial charge in [-0.3, -0.25) is 14.4 Å². The Hall–Kier alpha value is -2.57. The molecular weight excluding hydrogens is 296 g/mol. The third-order valence-electron chi connectivity index (χ3n) is 3.57. The summed E-state index contributed by atoms with van der Waals surface area (Å²) in [4.78, 5) is 35.0. The van der Waals surface area contributed by atoms with Crippen LogP contribution in [0.4, 0.5) is 0 Å². The molecule has 0 bridgehead atoms. The van der Waals surface area contributed by atoms with Gasteiger partial charge in [0.1, 0.15) is 6.04 Å². The van der Waals surface area contributed by atoms with Gasteiger partial charge in [0, 0.05) is 18.7 Å². The lowest BCUT2D eigenvalue weighted by atomic mass is 9.99. The van der Waals surface area contributed by atoms with Crippen molar-refractivity contribution in [3.05, 3.63) is 35.4 Å². The maximum Gasteiger partial charge on any atom is 0.309 e. The summed E-state index contributed by atoms with van der Waals surface area (Å²) < 4.78 is 0. The Balaban J connectivity index is 1.86. The Kier molecular flexibility index (Phi) is 5.96. The maximum atomic E-state index is 11.8. The number of azo groups is 1. The van der Waals surface area contributed by atoms with Crippen molar-refractivity contribution < 1.29 is 14.4 Å². The van der Waals surface area contributed by atoms with Gasteiger partial charge < -0.3 is 10.6 Å². The molecule has 1 aromatic carbocycles. The minimum absolute atomic E-state index is 0.120. The summed E-state index contributed by atoms with van der Waals surface area (Å²) in [5.41, 5.74) is 1.18. The third-order valence-corrected chi connectivity index (χ3v) is 3.57. The van der Waals surface area contributed by atoms with E-state index < -0.39 is 23.8 Å². The number of carbonyl (C=O) groups excluding carboxylic acids is 3. The number of amides is 3. The van der Waals surface area contributed by atoms with Crippen LogP contribution in [0, 0.1) is 0 Å². The molecule has 0 spiro atoms. The summed E-state index contributed by atoms with van der Waals surface area (Å²) >= 11 is 0. The van der Waals surface area contributed by atoms with Crippen LogP contribution in [0.15, 0.2) is 34.5 Å². The summed E-state index contributed by atoms with van der Waals surface area (Å²) in [5, 5.41) is 12.6. The fraction of sp³-hybridized carbons (Fsp3) is 0.438. The van der Waals surface area contributed by atoms with E-state index in [1.807, 2.05) is 0 Å². The van der Waals surface area contributed by atoms with Gasteiger partial charge in [0.25, 0.3) is 5.91 Å². The largest absolute Gasteiger partial charge is 0.348 e. The SMILES string of the molecule is CCCCCNC(=O)C(=O)NCC1N=NC(=O)c2ccccc21. The summed E-state index contributed by atoms with van der Waals surface area (Å²) in [7, 11) is 0. The molecule has 3 amide bonds. The zero-order valence-electron chi connectivity index (χ0n) is 13.0. The fourth-order valence-corrected chi connectivity index (χ4v) is 2.30.